The van der Waals surface area contributed by atoms with Gasteiger partial charge in [0.15, 0.2) is 0 Å². The second-order valence-corrected chi connectivity index (χ2v) is 9.56. The van der Waals surface area contributed by atoms with Gasteiger partial charge in [-0.05, 0) is 45.0 Å². The number of rotatable bonds is 5. The Morgan fingerprint density at radius 2 is 1.76 bits per heavy atom. The van der Waals surface area contributed by atoms with Gasteiger partial charge in [-0.1, -0.05) is 24.3 Å². The van der Waals surface area contributed by atoms with E-state index in [1.165, 1.54) is 21.9 Å². The molecule has 0 unspecified atom stereocenters. The molecule has 12 heteroatoms. The molecule has 1 aliphatic heterocycles. The van der Waals surface area contributed by atoms with Crippen molar-refractivity contribution in [1.29, 1.82) is 0 Å². The van der Waals surface area contributed by atoms with E-state index < -0.39 is 41.4 Å². The van der Waals surface area contributed by atoms with Crippen LogP contribution in [0.4, 0.5) is 28.0 Å². The van der Waals surface area contributed by atoms with Crippen molar-refractivity contribution < 1.29 is 36.3 Å². The molecule has 3 aromatic rings. The molecule has 8 nitrogen and oxygen atoms in total. The maximum atomic E-state index is 15.0. The number of aromatic nitrogens is 2. The second-order valence-electron chi connectivity index (χ2n) is 9.56. The summed E-state index contributed by atoms with van der Waals surface area (Å²) in [4.78, 5) is 28.4. The van der Waals surface area contributed by atoms with Crippen LogP contribution in [-0.2, 0) is 22.3 Å². The number of benzene rings is 2. The summed E-state index contributed by atoms with van der Waals surface area (Å²) >= 11 is 0. The zero-order valence-electron chi connectivity index (χ0n) is 20.3. The van der Waals surface area contributed by atoms with E-state index in [4.69, 9.17) is 4.74 Å². The number of anilines is 1. The van der Waals surface area contributed by atoms with Crippen molar-refractivity contribution in [2.75, 3.05) is 18.0 Å². The van der Waals surface area contributed by atoms with Crippen molar-refractivity contribution in [2.24, 2.45) is 5.92 Å². The number of ether oxygens (including phenoxy) is 1. The van der Waals surface area contributed by atoms with Crippen LogP contribution in [0.15, 0.2) is 52.9 Å². The van der Waals surface area contributed by atoms with E-state index in [1.807, 2.05) is 0 Å². The van der Waals surface area contributed by atoms with Crippen LogP contribution in [0.5, 0.6) is 0 Å². The van der Waals surface area contributed by atoms with Crippen LogP contribution in [0, 0.1) is 11.7 Å². The molecule has 0 radical (unpaired) electrons. The fraction of sp³-hybridized carbons (Fsp3) is 0.360. The standard InChI is InChI=1S/C25H24F4N4O4/c1-24(2,3)37-23(35)32-12-17(13-32)21(34)33(18-7-5-4-6-8-18)14-16-10-9-15(11-19(16)26)20-30-31-22(36-20)25(27,28)29/h4-11,17H,12-14H2,1-3H3. The molecule has 0 N–H and O–H groups in total. The summed E-state index contributed by atoms with van der Waals surface area (Å²) in [5, 5.41) is 6.28. The van der Waals surface area contributed by atoms with Crippen molar-refractivity contribution in [3.63, 3.8) is 0 Å². The van der Waals surface area contributed by atoms with E-state index in [0.717, 1.165) is 6.07 Å². The third-order valence-corrected chi connectivity index (χ3v) is 5.51. The van der Waals surface area contributed by atoms with Gasteiger partial charge in [-0.25, -0.2) is 9.18 Å². The number of para-hydroxylation sites is 1. The van der Waals surface area contributed by atoms with Crippen LogP contribution >= 0.6 is 0 Å². The highest BCUT2D eigenvalue weighted by atomic mass is 19.4. The Balaban J connectivity index is 1.51. The first-order valence-corrected chi connectivity index (χ1v) is 11.4. The predicted molar refractivity (Wildman–Crippen MR) is 124 cm³/mol. The van der Waals surface area contributed by atoms with E-state index in [0.29, 0.717) is 5.69 Å². The Morgan fingerprint density at radius 3 is 2.32 bits per heavy atom. The molecular weight excluding hydrogens is 496 g/mol. The minimum Gasteiger partial charge on any atom is -0.444 e. The number of likely N-dealkylation sites (tertiary alicyclic amines) is 1. The number of nitrogens with zero attached hydrogens (tertiary/aromatic N) is 4. The lowest BCUT2D eigenvalue weighted by atomic mass is 9.98. The van der Waals surface area contributed by atoms with E-state index in [9.17, 15) is 22.8 Å². The van der Waals surface area contributed by atoms with Gasteiger partial charge >= 0.3 is 18.2 Å². The number of carbonyl (C=O) groups is 2. The Hall–Kier alpha value is -3.96. The summed E-state index contributed by atoms with van der Waals surface area (Å²) < 4.78 is 63.2. The molecule has 1 aromatic heterocycles. The lowest BCUT2D eigenvalue weighted by Gasteiger charge is -2.41. The summed E-state index contributed by atoms with van der Waals surface area (Å²) in [5.74, 6) is -3.59. The molecule has 4 rings (SSSR count). The monoisotopic (exact) mass is 520 g/mol. The Morgan fingerprint density at radius 1 is 1.08 bits per heavy atom. The molecule has 37 heavy (non-hydrogen) atoms. The minimum atomic E-state index is -4.82. The molecule has 0 spiro atoms. The molecule has 2 aromatic carbocycles. The van der Waals surface area contributed by atoms with Gasteiger partial charge in [0.05, 0.1) is 12.5 Å². The lowest BCUT2D eigenvalue weighted by molar-refractivity contribution is -0.157. The normalized spacial score (nSPS) is 14.3. The number of halogens is 4. The maximum absolute atomic E-state index is 15.0. The Bertz CT molecular complexity index is 1280. The summed E-state index contributed by atoms with van der Waals surface area (Å²) in [7, 11) is 0. The van der Waals surface area contributed by atoms with Gasteiger partial charge in [-0.15, -0.1) is 10.2 Å². The zero-order valence-corrected chi connectivity index (χ0v) is 20.3. The summed E-state index contributed by atoms with van der Waals surface area (Å²) in [6.07, 6.45) is -5.33. The molecule has 0 saturated carbocycles. The number of alkyl halides is 3. The molecule has 0 atom stereocenters. The van der Waals surface area contributed by atoms with Gasteiger partial charge in [0, 0.05) is 29.9 Å². The van der Waals surface area contributed by atoms with E-state index in [-0.39, 0.29) is 36.7 Å². The summed E-state index contributed by atoms with van der Waals surface area (Å²) in [6, 6.07) is 12.3. The van der Waals surface area contributed by atoms with Crippen LogP contribution in [0.25, 0.3) is 11.5 Å². The number of carbonyl (C=O) groups excluding carboxylic acids is 2. The molecule has 2 amide bonds. The zero-order chi connectivity index (χ0) is 27.0. The first-order chi connectivity index (χ1) is 17.3. The van der Waals surface area contributed by atoms with Gasteiger partial charge in [0.1, 0.15) is 11.4 Å². The van der Waals surface area contributed by atoms with Crippen LogP contribution in [0.2, 0.25) is 0 Å². The smallest absolute Gasteiger partial charge is 0.444 e. The van der Waals surface area contributed by atoms with Crippen molar-refractivity contribution in [3.05, 3.63) is 65.8 Å². The summed E-state index contributed by atoms with van der Waals surface area (Å²) in [6.45, 7) is 5.43. The van der Waals surface area contributed by atoms with Gasteiger partial charge in [-0.3, -0.25) is 4.79 Å². The highest BCUT2D eigenvalue weighted by Gasteiger charge is 2.40. The SMILES string of the molecule is CC(C)(C)OC(=O)N1CC(C(=O)N(Cc2ccc(-c3nnc(C(F)(F)F)o3)cc2F)c2ccccc2)C1. The average Bonchev–Trinajstić information content (AvgIpc) is 3.27. The minimum absolute atomic E-state index is 0.0335. The average molecular weight is 520 g/mol. The largest absolute Gasteiger partial charge is 0.470 e. The van der Waals surface area contributed by atoms with Gasteiger partial charge < -0.3 is 19.0 Å². The number of hydrogen-bond donors (Lipinski definition) is 0. The predicted octanol–water partition coefficient (Wildman–Crippen LogP) is 5.29. The van der Waals surface area contributed by atoms with Gasteiger partial charge in [-0.2, -0.15) is 13.2 Å². The van der Waals surface area contributed by atoms with Crippen molar-refractivity contribution >= 4 is 17.7 Å². The van der Waals surface area contributed by atoms with Crippen LogP contribution in [0.1, 0.15) is 32.2 Å². The second kappa shape index (κ2) is 9.83. The molecule has 0 bridgehead atoms. The van der Waals surface area contributed by atoms with E-state index in [1.54, 1.807) is 51.1 Å². The lowest BCUT2D eigenvalue weighted by Crippen LogP contribution is -2.57. The maximum Gasteiger partial charge on any atom is 0.470 e. The number of amides is 2. The summed E-state index contributed by atoms with van der Waals surface area (Å²) in [5.41, 5.74) is -0.0475. The van der Waals surface area contributed by atoms with Crippen LogP contribution in [0.3, 0.4) is 0 Å². The number of hydrogen-bond acceptors (Lipinski definition) is 6. The van der Waals surface area contributed by atoms with Crippen LogP contribution in [-0.4, -0.2) is 45.8 Å². The quantitative estimate of drug-likeness (QED) is 0.425. The van der Waals surface area contributed by atoms with Gasteiger partial charge in [0.2, 0.25) is 11.8 Å². The van der Waals surface area contributed by atoms with E-state index >= 15 is 4.39 Å². The van der Waals surface area contributed by atoms with Crippen LogP contribution < -0.4 is 4.90 Å². The molecule has 196 valence electrons. The highest BCUT2D eigenvalue weighted by molar-refractivity contribution is 5.96. The fourth-order valence-electron chi connectivity index (χ4n) is 3.67. The van der Waals surface area contributed by atoms with Crippen molar-refractivity contribution in [2.45, 2.75) is 39.1 Å². The molecule has 1 fully saturated rings. The van der Waals surface area contributed by atoms with Gasteiger partial charge in [0.25, 0.3) is 0 Å². The Labute approximate surface area is 209 Å². The molecule has 2 heterocycles. The molecule has 0 aliphatic carbocycles. The van der Waals surface area contributed by atoms with Crippen molar-refractivity contribution in [3.8, 4) is 11.5 Å². The molecule has 1 aliphatic rings. The first-order valence-electron chi connectivity index (χ1n) is 11.4. The first kappa shape index (κ1) is 26.1. The molecular formula is C25H24F4N4O4. The fourth-order valence-corrected chi connectivity index (χ4v) is 3.67. The highest BCUT2D eigenvalue weighted by Crippen LogP contribution is 2.31. The topological polar surface area (TPSA) is 88.8 Å². The Kier molecular flexibility index (Phi) is 6.94. The third-order valence-electron chi connectivity index (χ3n) is 5.51. The third kappa shape index (κ3) is 6.07. The van der Waals surface area contributed by atoms with Crippen molar-refractivity contribution in [1.82, 2.24) is 15.1 Å². The molecule has 1 saturated heterocycles. The van der Waals surface area contributed by atoms with E-state index in [2.05, 4.69) is 14.6 Å².